The zero-order valence-corrected chi connectivity index (χ0v) is 14.3. The SMILES string of the molecule is CC1CCCN(C(=O)C2Cc3ccccc3N2c2ccc(=O)[nH]n2)C1. The molecule has 0 saturated carbocycles. The lowest BCUT2D eigenvalue weighted by Gasteiger charge is -2.35. The summed E-state index contributed by atoms with van der Waals surface area (Å²) in [4.78, 5) is 28.6. The van der Waals surface area contributed by atoms with Gasteiger partial charge in [-0.2, -0.15) is 5.10 Å². The number of likely N-dealkylation sites (tertiary alicyclic amines) is 1. The van der Waals surface area contributed by atoms with Crippen LogP contribution in [-0.2, 0) is 11.2 Å². The van der Waals surface area contributed by atoms with Crippen LogP contribution in [0.15, 0.2) is 41.2 Å². The molecule has 1 aromatic carbocycles. The second-order valence-electron chi connectivity index (χ2n) is 7.03. The number of piperidine rings is 1. The number of H-pyrrole nitrogens is 1. The van der Waals surface area contributed by atoms with Gasteiger partial charge in [0.1, 0.15) is 6.04 Å². The third kappa shape index (κ3) is 2.92. The third-order valence-electron chi connectivity index (χ3n) is 5.14. The number of anilines is 2. The zero-order valence-electron chi connectivity index (χ0n) is 14.3. The molecule has 130 valence electrons. The number of benzene rings is 1. The maximum absolute atomic E-state index is 13.2. The molecule has 2 aliphatic heterocycles. The maximum Gasteiger partial charge on any atom is 0.264 e. The normalized spacial score (nSPS) is 22.8. The fraction of sp³-hybridized carbons (Fsp3) is 0.421. The Morgan fingerprint density at radius 2 is 2.08 bits per heavy atom. The standard InChI is InChI=1S/C19H22N4O2/c1-13-5-4-10-22(12-13)19(25)16-11-14-6-2-3-7-15(14)23(16)17-8-9-18(24)21-20-17/h2-3,6-9,13,16H,4-5,10-12H2,1H3,(H,21,24). The monoisotopic (exact) mass is 338 g/mol. The van der Waals surface area contributed by atoms with Gasteiger partial charge in [-0.05, 0) is 36.5 Å². The second-order valence-corrected chi connectivity index (χ2v) is 7.03. The molecular weight excluding hydrogens is 316 g/mol. The number of aromatic amines is 1. The molecule has 2 aromatic rings. The number of para-hydroxylation sites is 1. The lowest BCUT2D eigenvalue weighted by Crippen LogP contribution is -2.49. The molecule has 6 nitrogen and oxygen atoms in total. The van der Waals surface area contributed by atoms with Crippen molar-refractivity contribution in [3.8, 4) is 0 Å². The van der Waals surface area contributed by atoms with Gasteiger partial charge in [0.25, 0.3) is 5.56 Å². The highest BCUT2D eigenvalue weighted by atomic mass is 16.2. The first-order valence-corrected chi connectivity index (χ1v) is 8.85. The Bertz CT molecular complexity index is 827. The zero-order chi connectivity index (χ0) is 17.4. The van der Waals surface area contributed by atoms with Crippen LogP contribution in [0.3, 0.4) is 0 Å². The Labute approximate surface area is 146 Å². The molecule has 6 heteroatoms. The molecule has 1 amide bonds. The van der Waals surface area contributed by atoms with Crippen LogP contribution in [0.4, 0.5) is 11.5 Å². The van der Waals surface area contributed by atoms with Gasteiger partial charge in [-0.3, -0.25) is 9.59 Å². The fourth-order valence-corrected chi connectivity index (χ4v) is 3.94. The number of rotatable bonds is 2. The Kier molecular flexibility index (Phi) is 4.03. The van der Waals surface area contributed by atoms with E-state index in [2.05, 4.69) is 23.2 Å². The van der Waals surface area contributed by atoms with E-state index < -0.39 is 0 Å². The molecule has 2 atom stereocenters. The van der Waals surface area contributed by atoms with Gasteiger partial charge in [-0.25, -0.2) is 5.10 Å². The van der Waals surface area contributed by atoms with E-state index in [4.69, 9.17) is 0 Å². The Hall–Kier alpha value is -2.63. The molecule has 1 fully saturated rings. The predicted molar refractivity (Wildman–Crippen MR) is 95.9 cm³/mol. The van der Waals surface area contributed by atoms with E-state index in [9.17, 15) is 9.59 Å². The highest BCUT2D eigenvalue weighted by Gasteiger charge is 2.39. The van der Waals surface area contributed by atoms with Gasteiger partial charge in [0, 0.05) is 31.3 Å². The number of nitrogens with zero attached hydrogens (tertiary/aromatic N) is 3. The van der Waals surface area contributed by atoms with E-state index in [1.54, 1.807) is 6.07 Å². The quantitative estimate of drug-likeness (QED) is 0.910. The van der Waals surface area contributed by atoms with E-state index in [0.717, 1.165) is 30.8 Å². The third-order valence-corrected chi connectivity index (χ3v) is 5.14. The van der Waals surface area contributed by atoms with Crippen molar-refractivity contribution in [2.75, 3.05) is 18.0 Å². The topological polar surface area (TPSA) is 69.3 Å². The summed E-state index contributed by atoms with van der Waals surface area (Å²) in [5.74, 6) is 1.30. The second kappa shape index (κ2) is 6.35. The van der Waals surface area contributed by atoms with Gasteiger partial charge in [0.2, 0.25) is 5.91 Å². The number of hydrogen-bond acceptors (Lipinski definition) is 4. The van der Waals surface area contributed by atoms with Crippen LogP contribution < -0.4 is 10.5 Å². The van der Waals surface area contributed by atoms with Crippen molar-refractivity contribution >= 4 is 17.4 Å². The molecule has 4 rings (SSSR count). The minimum atomic E-state index is -0.305. The minimum absolute atomic E-state index is 0.149. The molecular formula is C19H22N4O2. The fourth-order valence-electron chi connectivity index (χ4n) is 3.94. The van der Waals surface area contributed by atoms with Crippen molar-refractivity contribution in [2.24, 2.45) is 5.92 Å². The summed E-state index contributed by atoms with van der Waals surface area (Å²) in [6, 6.07) is 10.9. The van der Waals surface area contributed by atoms with E-state index >= 15 is 0 Å². The Morgan fingerprint density at radius 3 is 2.84 bits per heavy atom. The van der Waals surface area contributed by atoms with Crippen LogP contribution in [0.2, 0.25) is 0 Å². The first-order chi connectivity index (χ1) is 12.1. The van der Waals surface area contributed by atoms with Crippen LogP contribution >= 0.6 is 0 Å². The summed E-state index contributed by atoms with van der Waals surface area (Å²) in [6.07, 6.45) is 2.91. The van der Waals surface area contributed by atoms with E-state index in [1.165, 1.54) is 12.5 Å². The highest BCUT2D eigenvalue weighted by Crippen LogP contribution is 2.38. The van der Waals surface area contributed by atoms with Crippen molar-refractivity contribution in [3.05, 3.63) is 52.3 Å². The lowest BCUT2D eigenvalue weighted by atomic mass is 9.99. The number of amides is 1. The highest BCUT2D eigenvalue weighted by molar-refractivity contribution is 5.91. The predicted octanol–water partition coefficient (Wildman–Crippen LogP) is 2.09. The Balaban J connectivity index is 1.70. The number of carbonyl (C=O) groups is 1. The molecule has 0 bridgehead atoms. The van der Waals surface area contributed by atoms with Crippen LogP contribution in [0.1, 0.15) is 25.3 Å². The molecule has 2 unspecified atom stereocenters. The summed E-state index contributed by atoms with van der Waals surface area (Å²) < 4.78 is 0. The van der Waals surface area contributed by atoms with Gasteiger partial charge in [0.05, 0.1) is 0 Å². The molecule has 3 heterocycles. The smallest absolute Gasteiger partial charge is 0.264 e. The number of carbonyl (C=O) groups excluding carboxylic acids is 1. The summed E-state index contributed by atoms with van der Waals surface area (Å²) in [6.45, 7) is 3.84. The van der Waals surface area contributed by atoms with Gasteiger partial charge in [0.15, 0.2) is 5.82 Å². The van der Waals surface area contributed by atoms with Crippen LogP contribution in [-0.4, -0.2) is 40.1 Å². The van der Waals surface area contributed by atoms with Crippen molar-refractivity contribution in [1.29, 1.82) is 0 Å². The number of fused-ring (bicyclic) bond motifs is 1. The minimum Gasteiger partial charge on any atom is -0.341 e. The number of aromatic nitrogens is 2. The summed E-state index contributed by atoms with van der Waals surface area (Å²) in [5.41, 5.74) is 1.88. The van der Waals surface area contributed by atoms with Crippen LogP contribution in [0.25, 0.3) is 0 Å². The van der Waals surface area contributed by atoms with Gasteiger partial charge in [-0.1, -0.05) is 25.1 Å². The van der Waals surface area contributed by atoms with Crippen molar-refractivity contribution < 1.29 is 4.79 Å². The summed E-state index contributed by atoms with van der Waals surface area (Å²) in [5, 5.41) is 6.65. The maximum atomic E-state index is 13.2. The molecule has 1 saturated heterocycles. The molecule has 0 radical (unpaired) electrons. The average molecular weight is 338 g/mol. The average Bonchev–Trinajstić information content (AvgIpc) is 3.01. The first-order valence-electron chi connectivity index (χ1n) is 8.85. The number of hydrogen-bond donors (Lipinski definition) is 1. The molecule has 1 N–H and O–H groups in total. The van der Waals surface area contributed by atoms with Crippen LogP contribution in [0.5, 0.6) is 0 Å². The summed E-state index contributed by atoms with van der Waals surface area (Å²) >= 11 is 0. The van der Waals surface area contributed by atoms with E-state index in [-0.39, 0.29) is 17.5 Å². The molecule has 0 aliphatic carbocycles. The van der Waals surface area contributed by atoms with Crippen molar-refractivity contribution in [2.45, 2.75) is 32.2 Å². The summed E-state index contributed by atoms with van der Waals surface area (Å²) in [7, 11) is 0. The molecule has 1 aromatic heterocycles. The first kappa shape index (κ1) is 15.9. The van der Waals surface area contributed by atoms with Crippen LogP contribution in [0, 0.1) is 5.92 Å². The van der Waals surface area contributed by atoms with Crippen molar-refractivity contribution in [3.63, 3.8) is 0 Å². The molecule has 0 spiro atoms. The Morgan fingerprint density at radius 1 is 1.24 bits per heavy atom. The van der Waals surface area contributed by atoms with Gasteiger partial charge < -0.3 is 9.80 Å². The largest absolute Gasteiger partial charge is 0.341 e. The lowest BCUT2D eigenvalue weighted by molar-refractivity contribution is -0.134. The van der Waals surface area contributed by atoms with E-state index in [0.29, 0.717) is 18.2 Å². The van der Waals surface area contributed by atoms with Gasteiger partial charge in [-0.15, -0.1) is 0 Å². The number of nitrogens with one attached hydrogen (secondary N) is 1. The molecule has 2 aliphatic rings. The van der Waals surface area contributed by atoms with Gasteiger partial charge >= 0.3 is 0 Å². The van der Waals surface area contributed by atoms with Crippen molar-refractivity contribution in [1.82, 2.24) is 15.1 Å². The van der Waals surface area contributed by atoms with E-state index in [1.807, 2.05) is 28.0 Å². The molecule has 25 heavy (non-hydrogen) atoms.